The van der Waals surface area contributed by atoms with E-state index in [4.69, 9.17) is 10.7 Å². The van der Waals surface area contributed by atoms with Crippen LogP contribution in [0.4, 0.5) is 5.69 Å². The van der Waals surface area contributed by atoms with E-state index in [1.807, 2.05) is 11.5 Å². The Morgan fingerprint density at radius 2 is 1.76 bits per heavy atom. The van der Waals surface area contributed by atoms with Crippen molar-refractivity contribution in [2.45, 2.75) is 52.4 Å². The second-order valence-electron chi connectivity index (χ2n) is 6.64. The molecule has 2 nitrogen and oxygen atoms in total. The normalized spacial score (nSPS) is 12.8. The van der Waals surface area contributed by atoms with E-state index in [0.29, 0.717) is 17.5 Å². The van der Waals surface area contributed by atoms with Crippen LogP contribution in [0.1, 0.15) is 63.5 Å². The number of nitrogens with zero attached hydrogens (tertiary/aromatic N) is 1. The number of allylic oxidation sites excluding steroid dienone is 3. The average molecular weight is 357 g/mol. The maximum Gasteiger partial charge on any atom is 0.0699 e. The largest absolute Gasteiger partial charge is 0.397 e. The van der Waals surface area contributed by atoms with Crippen LogP contribution in [0.3, 0.4) is 0 Å². The summed E-state index contributed by atoms with van der Waals surface area (Å²) in [6.07, 6.45) is 10.1. The van der Waals surface area contributed by atoms with E-state index in [2.05, 4.69) is 64.6 Å². The van der Waals surface area contributed by atoms with E-state index in [1.54, 1.807) is 18.0 Å². The van der Waals surface area contributed by atoms with Crippen LogP contribution in [-0.2, 0) is 0 Å². The molecule has 0 saturated carbocycles. The third-order valence-electron chi connectivity index (χ3n) is 3.80. The van der Waals surface area contributed by atoms with Crippen LogP contribution in [0.5, 0.6) is 0 Å². The van der Waals surface area contributed by atoms with Gasteiger partial charge in [0.05, 0.1) is 17.6 Å². The molecule has 0 spiro atoms. The first kappa shape index (κ1) is 21.3. The maximum atomic E-state index is 6.09. The predicted octanol–water partition coefficient (Wildman–Crippen LogP) is 6.69. The SMILES string of the molecule is C=CCC/C=C/CS/C=C(\N)C=Nc1c(C(C)C)cccc1C(C)C. The quantitative estimate of drug-likeness (QED) is 0.288. The van der Waals surface area contributed by atoms with Gasteiger partial charge in [-0.25, -0.2) is 0 Å². The number of hydrogen-bond donors (Lipinski definition) is 1. The molecule has 0 heterocycles. The number of aliphatic imine (C=N–C) groups is 1. The summed E-state index contributed by atoms with van der Waals surface area (Å²) >= 11 is 1.68. The molecule has 1 aromatic carbocycles. The molecule has 0 amide bonds. The monoisotopic (exact) mass is 356 g/mol. The number of thioether (sulfide) groups is 1. The summed E-state index contributed by atoms with van der Waals surface area (Å²) in [4.78, 5) is 4.73. The van der Waals surface area contributed by atoms with E-state index in [9.17, 15) is 0 Å². The highest BCUT2D eigenvalue weighted by atomic mass is 32.2. The van der Waals surface area contributed by atoms with Gasteiger partial charge < -0.3 is 5.73 Å². The second kappa shape index (κ2) is 11.8. The Labute approximate surface area is 158 Å². The molecule has 0 atom stereocenters. The van der Waals surface area contributed by atoms with Crippen molar-refractivity contribution in [3.63, 3.8) is 0 Å². The minimum atomic E-state index is 0.436. The highest BCUT2D eigenvalue weighted by Gasteiger charge is 2.12. The lowest BCUT2D eigenvalue weighted by Gasteiger charge is -2.16. The Kier molecular flexibility index (Phi) is 10.0. The highest BCUT2D eigenvalue weighted by Crippen LogP contribution is 2.34. The number of hydrogen-bond acceptors (Lipinski definition) is 3. The van der Waals surface area contributed by atoms with Gasteiger partial charge in [-0.05, 0) is 41.2 Å². The summed E-state index contributed by atoms with van der Waals surface area (Å²) in [6, 6.07) is 6.44. The molecule has 2 N–H and O–H groups in total. The van der Waals surface area contributed by atoms with Crippen LogP contribution >= 0.6 is 11.8 Å². The summed E-state index contributed by atoms with van der Waals surface area (Å²) in [5.74, 6) is 1.79. The minimum absolute atomic E-state index is 0.436. The minimum Gasteiger partial charge on any atom is -0.397 e. The van der Waals surface area contributed by atoms with Crippen molar-refractivity contribution in [3.05, 3.63) is 65.2 Å². The lowest BCUT2D eigenvalue weighted by Crippen LogP contribution is -1.99. The van der Waals surface area contributed by atoms with Crippen molar-refractivity contribution >= 4 is 23.7 Å². The molecule has 0 aliphatic rings. The van der Waals surface area contributed by atoms with Crippen molar-refractivity contribution in [1.82, 2.24) is 0 Å². The van der Waals surface area contributed by atoms with Gasteiger partial charge >= 0.3 is 0 Å². The molecule has 0 unspecified atom stereocenters. The van der Waals surface area contributed by atoms with Gasteiger partial charge in [0.2, 0.25) is 0 Å². The molecule has 0 bridgehead atoms. The maximum absolute atomic E-state index is 6.09. The zero-order valence-electron chi connectivity index (χ0n) is 16.0. The van der Waals surface area contributed by atoms with E-state index >= 15 is 0 Å². The van der Waals surface area contributed by atoms with Crippen molar-refractivity contribution in [1.29, 1.82) is 0 Å². The Morgan fingerprint density at radius 1 is 1.12 bits per heavy atom. The topological polar surface area (TPSA) is 38.4 Å². The molecule has 3 heteroatoms. The Bertz CT molecular complexity index is 599. The summed E-state index contributed by atoms with van der Waals surface area (Å²) in [5, 5.41) is 1.97. The number of nitrogens with two attached hydrogens (primary N) is 1. The lowest BCUT2D eigenvalue weighted by molar-refractivity contribution is 0.835. The van der Waals surface area contributed by atoms with Crippen LogP contribution in [0.25, 0.3) is 0 Å². The first-order valence-electron chi connectivity index (χ1n) is 8.97. The molecular weight excluding hydrogens is 324 g/mol. The van der Waals surface area contributed by atoms with Crippen LogP contribution in [0.2, 0.25) is 0 Å². The number of benzene rings is 1. The highest BCUT2D eigenvalue weighted by molar-refractivity contribution is 8.02. The Balaban J connectivity index is 2.78. The van der Waals surface area contributed by atoms with Crippen molar-refractivity contribution in [3.8, 4) is 0 Å². The molecule has 0 fully saturated rings. The molecule has 0 aliphatic carbocycles. The van der Waals surface area contributed by atoms with Gasteiger partial charge in [0.15, 0.2) is 0 Å². The molecule has 136 valence electrons. The Morgan fingerprint density at radius 3 is 2.32 bits per heavy atom. The molecule has 0 radical (unpaired) electrons. The van der Waals surface area contributed by atoms with E-state index < -0.39 is 0 Å². The van der Waals surface area contributed by atoms with Crippen molar-refractivity contribution in [2.24, 2.45) is 10.7 Å². The third kappa shape index (κ3) is 7.78. The van der Waals surface area contributed by atoms with Gasteiger partial charge in [-0.2, -0.15) is 0 Å². The van der Waals surface area contributed by atoms with Crippen LogP contribution in [0, 0.1) is 0 Å². The zero-order chi connectivity index (χ0) is 18.7. The van der Waals surface area contributed by atoms with Gasteiger partial charge in [0.25, 0.3) is 0 Å². The van der Waals surface area contributed by atoms with Gasteiger partial charge in [0.1, 0.15) is 0 Å². The molecule has 25 heavy (non-hydrogen) atoms. The fourth-order valence-corrected chi connectivity index (χ4v) is 3.03. The first-order valence-corrected chi connectivity index (χ1v) is 10.0. The molecule has 0 saturated heterocycles. The van der Waals surface area contributed by atoms with Crippen molar-refractivity contribution in [2.75, 3.05) is 5.75 Å². The smallest absolute Gasteiger partial charge is 0.0699 e. The number of para-hydroxylation sites is 1. The summed E-state index contributed by atoms with van der Waals surface area (Å²) in [7, 11) is 0. The van der Waals surface area contributed by atoms with Gasteiger partial charge in [-0.3, -0.25) is 4.99 Å². The molecular formula is C22H32N2S. The molecule has 0 aromatic heterocycles. The fraction of sp³-hybridized carbons (Fsp3) is 0.409. The van der Waals surface area contributed by atoms with Gasteiger partial charge in [-0.1, -0.05) is 64.1 Å². The van der Waals surface area contributed by atoms with E-state index in [0.717, 1.165) is 24.3 Å². The molecule has 1 rings (SSSR count). The van der Waals surface area contributed by atoms with Gasteiger partial charge in [-0.15, -0.1) is 18.3 Å². The predicted molar refractivity (Wildman–Crippen MR) is 116 cm³/mol. The second-order valence-corrected chi connectivity index (χ2v) is 7.54. The number of rotatable bonds is 10. The van der Waals surface area contributed by atoms with E-state index in [-0.39, 0.29) is 0 Å². The average Bonchev–Trinajstić information content (AvgIpc) is 2.58. The summed E-state index contributed by atoms with van der Waals surface area (Å²) in [5.41, 5.74) is 10.4. The number of unbranched alkanes of at least 4 members (excludes halogenated alkanes) is 1. The van der Waals surface area contributed by atoms with Crippen LogP contribution < -0.4 is 5.73 Å². The van der Waals surface area contributed by atoms with Crippen LogP contribution in [-0.4, -0.2) is 12.0 Å². The summed E-state index contributed by atoms with van der Waals surface area (Å²) in [6.45, 7) is 12.5. The first-order chi connectivity index (χ1) is 12.0. The summed E-state index contributed by atoms with van der Waals surface area (Å²) < 4.78 is 0. The van der Waals surface area contributed by atoms with Crippen LogP contribution in [0.15, 0.2) is 59.1 Å². The fourth-order valence-electron chi connectivity index (χ4n) is 2.43. The lowest BCUT2D eigenvalue weighted by atomic mass is 9.93. The third-order valence-corrected chi connectivity index (χ3v) is 4.62. The zero-order valence-corrected chi connectivity index (χ0v) is 16.9. The van der Waals surface area contributed by atoms with E-state index in [1.165, 1.54) is 11.1 Å². The standard InChI is InChI=1S/C22H32N2S/c1-6-7-8-9-10-14-25-16-19(23)15-24-22-20(17(2)3)12-11-13-21(22)18(4)5/h6,9-13,15-18H,1,7-8,14,23H2,2-5H3/b10-9+,19-16-,24-15?. The van der Waals surface area contributed by atoms with Gasteiger partial charge in [0, 0.05) is 5.75 Å². The molecule has 0 aliphatic heterocycles. The molecule has 1 aromatic rings. The van der Waals surface area contributed by atoms with Crippen molar-refractivity contribution < 1.29 is 0 Å². The Hall–Kier alpha value is -1.74.